The summed E-state index contributed by atoms with van der Waals surface area (Å²) in [4.78, 5) is 4.89. The molecule has 0 spiro atoms. The topological polar surface area (TPSA) is 11.4 Å². The van der Waals surface area contributed by atoms with Crippen LogP contribution in [0.25, 0.3) is 49.7 Å². The summed E-state index contributed by atoms with van der Waals surface area (Å²) >= 11 is 0. The second-order valence-corrected chi connectivity index (χ2v) is 15.3. The Morgan fingerprint density at radius 2 is 0.948 bits per heavy atom. The Morgan fingerprint density at radius 3 is 1.66 bits per heavy atom. The lowest BCUT2D eigenvalue weighted by atomic mass is 9.33. The second kappa shape index (κ2) is 13.0. The van der Waals surface area contributed by atoms with Crippen LogP contribution in [0.1, 0.15) is 0 Å². The van der Waals surface area contributed by atoms with Gasteiger partial charge in [-0.2, -0.15) is 0 Å². The van der Waals surface area contributed by atoms with Crippen LogP contribution in [-0.2, 0) is 0 Å². The zero-order valence-electron chi connectivity index (χ0n) is 31.7. The van der Waals surface area contributed by atoms with Crippen molar-refractivity contribution in [2.45, 2.75) is 0 Å². The molecule has 4 heteroatoms. The van der Waals surface area contributed by atoms with Crippen molar-refractivity contribution in [3.05, 3.63) is 218 Å². The molecule has 0 bridgehead atoms. The molecule has 0 amide bonds. The van der Waals surface area contributed by atoms with Crippen molar-refractivity contribution in [1.82, 2.24) is 4.57 Å². The smallest absolute Gasteiger partial charge is 0.252 e. The third kappa shape index (κ3) is 4.95. The highest BCUT2D eigenvalue weighted by Gasteiger charge is 2.42. The van der Waals surface area contributed by atoms with Gasteiger partial charge in [0, 0.05) is 50.6 Å². The van der Waals surface area contributed by atoms with E-state index in [-0.39, 0.29) is 6.71 Å². The van der Waals surface area contributed by atoms with Gasteiger partial charge in [-0.05, 0) is 105 Å². The SMILES string of the molecule is c1ccc(-c2cccc(N3c4cc(-c5ccccc5)ccc4B4c5ccc(N(c6ccccc6)c6ccccc6)cc5-n5c6ccccc6c6ccc3c4c65)c2)cc1. The number of para-hydroxylation sites is 3. The van der Waals surface area contributed by atoms with Crippen molar-refractivity contribution >= 4 is 79.0 Å². The molecule has 12 rings (SSSR count). The summed E-state index contributed by atoms with van der Waals surface area (Å²) < 4.78 is 2.55. The number of anilines is 6. The van der Waals surface area contributed by atoms with Gasteiger partial charge in [0.25, 0.3) is 6.71 Å². The predicted molar refractivity (Wildman–Crippen MR) is 246 cm³/mol. The van der Waals surface area contributed by atoms with Crippen molar-refractivity contribution in [1.29, 1.82) is 0 Å². The average molecular weight is 738 g/mol. The lowest BCUT2D eigenvalue weighted by molar-refractivity contribution is 1.17. The molecule has 58 heavy (non-hydrogen) atoms. The van der Waals surface area contributed by atoms with E-state index in [1.54, 1.807) is 0 Å². The van der Waals surface area contributed by atoms with E-state index in [0.29, 0.717) is 0 Å². The Morgan fingerprint density at radius 1 is 0.362 bits per heavy atom. The van der Waals surface area contributed by atoms with Gasteiger partial charge < -0.3 is 14.4 Å². The molecule has 1 aromatic heterocycles. The summed E-state index contributed by atoms with van der Waals surface area (Å²) in [6.07, 6.45) is 0. The zero-order chi connectivity index (χ0) is 38.2. The van der Waals surface area contributed by atoms with Gasteiger partial charge >= 0.3 is 0 Å². The largest absolute Gasteiger partial charge is 0.311 e. The third-order valence-corrected chi connectivity index (χ3v) is 12.1. The highest BCUT2D eigenvalue weighted by atomic mass is 15.2. The van der Waals surface area contributed by atoms with E-state index in [1.807, 2.05) is 0 Å². The number of hydrogen-bond donors (Lipinski definition) is 0. The number of nitrogens with zero attached hydrogens (tertiary/aromatic N) is 3. The van der Waals surface area contributed by atoms with E-state index < -0.39 is 0 Å². The molecule has 3 heterocycles. The first-order chi connectivity index (χ1) is 28.8. The van der Waals surface area contributed by atoms with E-state index in [4.69, 9.17) is 0 Å². The number of aromatic nitrogens is 1. The quantitative estimate of drug-likeness (QED) is 0.157. The Hall–Kier alpha value is -7.56. The first-order valence-electron chi connectivity index (χ1n) is 20.1. The van der Waals surface area contributed by atoms with Gasteiger partial charge in [0.15, 0.2) is 0 Å². The maximum absolute atomic E-state index is 2.55. The fourth-order valence-electron chi connectivity index (χ4n) is 9.65. The summed E-state index contributed by atoms with van der Waals surface area (Å²) in [7, 11) is 0. The summed E-state index contributed by atoms with van der Waals surface area (Å²) in [5, 5.41) is 2.55. The lowest BCUT2D eigenvalue weighted by Crippen LogP contribution is -2.60. The van der Waals surface area contributed by atoms with Crippen molar-refractivity contribution in [3.63, 3.8) is 0 Å². The molecule has 0 saturated carbocycles. The van der Waals surface area contributed by atoms with E-state index in [9.17, 15) is 0 Å². The molecule has 0 radical (unpaired) electrons. The Kier molecular flexibility index (Phi) is 7.33. The van der Waals surface area contributed by atoms with Crippen LogP contribution in [-0.4, -0.2) is 11.3 Å². The molecule has 0 N–H and O–H groups in total. The van der Waals surface area contributed by atoms with Crippen LogP contribution in [0.4, 0.5) is 34.1 Å². The first kappa shape index (κ1) is 32.7. The minimum atomic E-state index is 0.0230. The van der Waals surface area contributed by atoms with Crippen LogP contribution >= 0.6 is 0 Å². The molecule has 3 nitrogen and oxygen atoms in total. The molecule has 2 aliphatic rings. The molecule has 10 aromatic rings. The van der Waals surface area contributed by atoms with Crippen LogP contribution in [0.5, 0.6) is 0 Å². The van der Waals surface area contributed by atoms with Crippen molar-refractivity contribution in [2.75, 3.05) is 9.80 Å². The van der Waals surface area contributed by atoms with Crippen molar-refractivity contribution in [3.8, 4) is 27.9 Å². The van der Waals surface area contributed by atoms with Crippen LogP contribution < -0.4 is 26.2 Å². The van der Waals surface area contributed by atoms with Gasteiger partial charge in [-0.3, -0.25) is 0 Å². The van der Waals surface area contributed by atoms with Gasteiger partial charge in [-0.1, -0.05) is 152 Å². The Bertz CT molecular complexity index is 3140. The molecule has 0 fully saturated rings. The number of benzene rings is 9. The average Bonchev–Trinajstić information content (AvgIpc) is 3.64. The van der Waals surface area contributed by atoms with E-state index in [2.05, 4.69) is 233 Å². The van der Waals surface area contributed by atoms with E-state index in [0.717, 1.165) is 22.7 Å². The molecule has 9 aromatic carbocycles. The van der Waals surface area contributed by atoms with Crippen LogP contribution in [0, 0.1) is 0 Å². The summed E-state index contributed by atoms with van der Waals surface area (Å²) in [6, 6.07) is 79.9. The predicted octanol–water partition coefficient (Wildman–Crippen LogP) is 12.2. The normalized spacial score (nSPS) is 12.4. The van der Waals surface area contributed by atoms with Crippen LogP contribution in [0.2, 0.25) is 0 Å². The zero-order valence-corrected chi connectivity index (χ0v) is 31.7. The standard InChI is InChI=1S/C54H36BN3/c1-5-16-37(17-6-1)39-20-15-25-43(34-39)57-50-33-30-46-45-26-13-14-27-49(45)58-52-36-44(56(41-21-9-3-10-22-41)42-23-11-4-12-24-42)29-32-48(52)55(53(50)54(46)58)47-31-28-40(35-51(47)57)38-18-7-2-8-19-38/h1-36H. The van der Waals surface area contributed by atoms with Gasteiger partial charge in [0.05, 0.1) is 11.0 Å². The van der Waals surface area contributed by atoms with Crippen molar-refractivity contribution < 1.29 is 0 Å². The highest BCUT2D eigenvalue weighted by Crippen LogP contribution is 2.45. The number of rotatable bonds is 6. The van der Waals surface area contributed by atoms with Gasteiger partial charge in [0.2, 0.25) is 0 Å². The molecular formula is C54H36BN3. The van der Waals surface area contributed by atoms with Gasteiger partial charge in [0.1, 0.15) is 0 Å². The molecule has 0 aliphatic carbocycles. The number of fused-ring (bicyclic) bond motifs is 8. The lowest BCUT2D eigenvalue weighted by Gasteiger charge is -2.40. The monoisotopic (exact) mass is 737 g/mol. The molecule has 2 aliphatic heterocycles. The number of hydrogen-bond acceptors (Lipinski definition) is 2. The second-order valence-electron chi connectivity index (χ2n) is 15.3. The minimum absolute atomic E-state index is 0.0230. The van der Waals surface area contributed by atoms with Gasteiger partial charge in [-0.25, -0.2) is 0 Å². The third-order valence-electron chi connectivity index (χ3n) is 12.1. The molecule has 0 unspecified atom stereocenters. The molecule has 0 atom stereocenters. The van der Waals surface area contributed by atoms with Gasteiger partial charge in [-0.15, -0.1) is 0 Å². The Balaban J connectivity index is 1.16. The van der Waals surface area contributed by atoms with Crippen LogP contribution in [0.3, 0.4) is 0 Å². The fourth-order valence-corrected chi connectivity index (χ4v) is 9.65. The van der Waals surface area contributed by atoms with E-state index >= 15 is 0 Å². The first-order valence-corrected chi connectivity index (χ1v) is 20.1. The molecule has 270 valence electrons. The molecular weight excluding hydrogens is 701 g/mol. The minimum Gasteiger partial charge on any atom is -0.311 e. The summed E-state index contributed by atoms with van der Waals surface area (Å²) in [5.74, 6) is 0. The van der Waals surface area contributed by atoms with E-state index in [1.165, 1.54) is 77.5 Å². The maximum atomic E-state index is 2.55. The highest BCUT2D eigenvalue weighted by molar-refractivity contribution is 7.00. The van der Waals surface area contributed by atoms with Crippen molar-refractivity contribution in [2.24, 2.45) is 0 Å². The van der Waals surface area contributed by atoms with Crippen LogP contribution in [0.15, 0.2) is 218 Å². The maximum Gasteiger partial charge on any atom is 0.252 e. The summed E-state index contributed by atoms with van der Waals surface area (Å²) in [6.45, 7) is 0.0230. The fraction of sp³-hybridized carbons (Fsp3) is 0. The molecule has 0 saturated heterocycles. The summed E-state index contributed by atoms with van der Waals surface area (Å²) in [5.41, 5.74) is 19.4. The Labute approximate surface area is 338 Å².